The van der Waals surface area contributed by atoms with Gasteiger partial charge in [-0.05, 0) is 24.6 Å². The molecule has 0 fully saturated rings. The van der Waals surface area contributed by atoms with Gasteiger partial charge in [0.05, 0.1) is 13.2 Å². The molecular weight excluding hydrogens is 212 g/mol. The average molecular weight is 230 g/mol. The molecule has 0 aliphatic carbocycles. The first-order valence-corrected chi connectivity index (χ1v) is 5.50. The molecule has 1 aromatic rings. The van der Waals surface area contributed by atoms with E-state index >= 15 is 0 Å². The number of aromatic nitrogens is 3. The Morgan fingerprint density at radius 1 is 1.53 bits per heavy atom. The number of rotatable bonds is 6. The number of anilines is 1. The first kappa shape index (κ1) is 12.2. The maximum atomic E-state index is 5.60. The lowest BCUT2D eigenvalue weighted by Crippen LogP contribution is -2.10. The zero-order valence-electron chi connectivity index (χ0n) is 9.19. The molecule has 0 radical (unpaired) electrons. The van der Waals surface area contributed by atoms with Crippen LogP contribution in [0.1, 0.15) is 20.3 Å². The lowest BCUT2D eigenvalue weighted by molar-refractivity contribution is 0.116. The Bertz CT molecular complexity index is 344. The molecule has 1 aromatic heterocycles. The Labute approximate surface area is 94.6 Å². The van der Waals surface area contributed by atoms with Gasteiger partial charge in [0.1, 0.15) is 0 Å². The van der Waals surface area contributed by atoms with Crippen molar-refractivity contribution in [2.75, 3.05) is 18.9 Å². The number of ether oxygens (including phenoxy) is 1. The van der Waals surface area contributed by atoms with Gasteiger partial charge in [-0.2, -0.15) is 0 Å². The van der Waals surface area contributed by atoms with Gasteiger partial charge in [-0.3, -0.25) is 4.57 Å². The number of nitrogens with zero attached hydrogens (tertiary/aromatic N) is 2. The van der Waals surface area contributed by atoms with Crippen molar-refractivity contribution in [2.45, 2.75) is 26.8 Å². The minimum Gasteiger partial charge on any atom is -0.380 e. The Kier molecular flexibility index (Phi) is 4.77. The van der Waals surface area contributed by atoms with E-state index in [-0.39, 0.29) is 0 Å². The summed E-state index contributed by atoms with van der Waals surface area (Å²) in [5.41, 5.74) is 5.60. The van der Waals surface area contributed by atoms with Crippen LogP contribution < -0.4 is 5.73 Å². The van der Waals surface area contributed by atoms with Crippen LogP contribution in [0.25, 0.3) is 0 Å². The summed E-state index contributed by atoms with van der Waals surface area (Å²) < 4.78 is 7.73. The Balaban J connectivity index is 2.23. The smallest absolute Gasteiger partial charge is 0.220 e. The highest BCUT2D eigenvalue weighted by Crippen LogP contribution is 2.01. The van der Waals surface area contributed by atoms with Crippen molar-refractivity contribution in [2.24, 2.45) is 5.92 Å². The van der Waals surface area contributed by atoms with Crippen molar-refractivity contribution in [1.29, 1.82) is 0 Å². The van der Waals surface area contributed by atoms with E-state index in [4.69, 9.17) is 22.7 Å². The fourth-order valence-electron chi connectivity index (χ4n) is 1.12. The minimum absolute atomic E-state index is 0.410. The van der Waals surface area contributed by atoms with Gasteiger partial charge in [-0.1, -0.05) is 13.8 Å². The third-order valence-corrected chi connectivity index (χ3v) is 2.40. The normalized spacial score (nSPS) is 11.1. The highest BCUT2D eigenvalue weighted by atomic mass is 32.1. The summed E-state index contributed by atoms with van der Waals surface area (Å²) in [5, 5.41) is 6.44. The van der Waals surface area contributed by atoms with E-state index in [0.29, 0.717) is 29.8 Å². The lowest BCUT2D eigenvalue weighted by Gasteiger charge is -2.07. The molecule has 5 nitrogen and oxygen atoms in total. The molecule has 0 aliphatic rings. The summed E-state index contributed by atoms with van der Waals surface area (Å²) in [5.74, 6) is 1.08. The van der Waals surface area contributed by atoms with Crippen LogP contribution >= 0.6 is 12.2 Å². The molecule has 0 atom stereocenters. The van der Waals surface area contributed by atoms with Crippen LogP contribution in [0.15, 0.2) is 0 Å². The van der Waals surface area contributed by atoms with Gasteiger partial charge in [0.15, 0.2) is 4.77 Å². The van der Waals surface area contributed by atoms with Crippen LogP contribution in [0.2, 0.25) is 0 Å². The van der Waals surface area contributed by atoms with E-state index in [1.165, 1.54) is 0 Å². The fourth-order valence-corrected chi connectivity index (χ4v) is 1.35. The maximum Gasteiger partial charge on any atom is 0.220 e. The summed E-state index contributed by atoms with van der Waals surface area (Å²) in [7, 11) is 0. The number of nitrogens with one attached hydrogen (secondary N) is 1. The highest BCUT2D eigenvalue weighted by molar-refractivity contribution is 7.71. The predicted molar refractivity (Wildman–Crippen MR) is 62.1 cm³/mol. The van der Waals surface area contributed by atoms with E-state index in [2.05, 4.69) is 24.0 Å². The van der Waals surface area contributed by atoms with Gasteiger partial charge >= 0.3 is 0 Å². The minimum atomic E-state index is 0.410. The molecule has 0 aliphatic heterocycles. The van der Waals surface area contributed by atoms with Crippen molar-refractivity contribution in [3.63, 3.8) is 0 Å². The van der Waals surface area contributed by atoms with Crippen LogP contribution in [0.5, 0.6) is 0 Å². The molecule has 0 saturated carbocycles. The molecule has 86 valence electrons. The summed E-state index contributed by atoms with van der Waals surface area (Å²) in [4.78, 5) is 0. The second-order valence-corrected chi connectivity index (χ2v) is 4.22. The molecule has 6 heteroatoms. The molecular formula is C9H18N4OS. The first-order chi connectivity index (χ1) is 7.11. The fraction of sp³-hybridized carbons (Fsp3) is 0.778. The first-order valence-electron chi connectivity index (χ1n) is 5.09. The second-order valence-electron chi connectivity index (χ2n) is 3.83. The topological polar surface area (TPSA) is 68.9 Å². The van der Waals surface area contributed by atoms with Gasteiger partial charge in [-0.25, -0.2) is 5.10 Å². The zero-order chi connectivity index (χ0) is 11.3. The standard InChI is InChI=1S/C9H18N4OS/c1-7(2)3-5-14-6-4-13-8(10)11-12-9(13)15/h7H,3-6H2,1-2H3,(H2,10,11)(H,12,15). The molecule has 0 aromatic carbocycles. The molecule has 0 bridgehead atoms. The van der Waals surface area contributed by atoms with Crippen molar-refractivity contribution in [1.82, 2.24) is 14.8 Å². The molecule has 3 N–H and O–H groups in total. The quantitative estimate of drug-likeness (QED) is 0.575. The number of nitrogens with two attached hydrogens (primary N) is 1. The van der Waals surface area contributed by atoms with Crippen LogP contribution in [0.3, 0.4) is 0 Å². The number of hydrogen-bond donors (Lipinski definition) is 2. The number of H-pyrrole nitrogens is 1. The molecule has 1 heterocycles. The molecule has 1 rings (SSSR count). The summed E-state index contributed by atoms with van der Waals surface area (Å²) >= 11 is 5.00. The number of aromatic amines is 1. The van der Waals surface area contributed by atoms with E-state index < -0.39 is 0 Å². The molecule has 0 spiro atoms. The number of hydrogen-bond acceptors (Lipinski definition) is 4. The van der Waals surface area contributed by atoms with Crippen LogP contribution in [0.4, 0.5) is 5.95 Å². The van der Waals surface area contributed by atoms with E-state index in [9.17, 15) is 0 Å². The second kappa shape index (κ2) is 5.87. The summed E-state index contributed by atoms with van der Waals surface area (Å²) in [6.45, 7) is 6.40. The Morgan fingerprint density at radius 3 is 2.80 bits per heavy atom. The Hall–Kier alpha value is -0.880. The monoisotopic (exact) mass is 230 g/mol. The summed E-state index contributed by atoms with van der Waals surface area (Å²) in [6, 6.07) is 0. The average Bonchev–Trinajstić information content (AvgIpc) is 2.47. The van der Waals surface area contributed by atoms with E-state index in [1.807, 2.05) is 0 Å². The molecule has 15 heavy (non-hydrogen) atoms. The van der Waals surface area contributed by atoms with Crippen molar-refractivity contribution < 1.29 is 4.74 Å². The molecule has 0 saturated heterocycles. The third kappa shape index (κ3) is 4.01. The van der Waals surface area contributed by atoms with Crippen molar-refractivity contribution >= 4 is 18.2 Å². The zero-order valence-corrected chi connectivity index (χ0v) is 10.0. The van der Waals surface area contributed by atoms with E-state index in [0.717, 1.165) is 13.0 Å². The molecule has 0 amide bonds. The van der Waals surface area contributed by atoms with Gasteiger partial charge in [0, 0.05) is 6.61 Å². The Morgan fingerprint density at radius 2 is 2.27 bits per heavy atom. The SMILES string of the molecule is CC(C)CCOCCn1c(N)n[nH]c1=S. The third-order valence-electron chi connectivity index (χ3n) is 2.09. The largest absolute Gasteiger partial charge is 0.380 e. The van der Waals surface area contributed by atoms with Gasteiger partial charge in [-0.15, -0.1) is 5.10 Å². The highest BCUT2D eigenvalue weighted by Gasteiger charge is 2.01. The van der Waals surface area contributed by atoms with Crippen LogP contribution in [-0.4, -0.2) is 28.0 Å². The van der Waals surface area contributed by atoms with Crippen LogP contribution in [0, 0.1) is 10.7 Å². The van der Waals surface area contributed by atoms with Crippen molar-refractivity contribution in [3.8, 4) is 0 Å². The maximum absolute atomic E-state index is 5.60. The summed E-state index contributed by atoms with van der Waals surface area (Å²) in [6.07, 6.45) is 1.08. The molecule has 0 unspecified atom stereocenters. The predicted octanol–water partition coefficient (Wildman–Crippen LogP) is 1.59. The van der Waals surface area contributed by atoms with Crippen LogP contribution in [-0.2, 0) is 11.3 Å². The van der Waals surface area contributed by atoms with Gasteiger partial charge in [0.25, 0.3) is 0 Å². The lowest BCUT2D eigenvalue weighted by atomic mass is 10.1. The number of nitrogen functional groups attached to an aromatic ring is 1. The van der Waals surface area contributed by atoms with E-state index in [1.54, 1.807) is 4.57 Å². The van der Waals surface area contributed by atoms with Crippen molar-refractivity contribution in [3.05, 3.63) is 4.77 Å². The van der Waals surface area contributed by atoms with Gasteiger partial charge < -0.3 is 10.5 Å². The van der Waals surface area contributed by atoms with Gasteiger partial charge in [0.2, 0.25) is 5.95 Å².